The summed E-state index contributed by atoms with van der Waals surface area (Å²) in [6.07, 6.45) is 3.22. The predicted octanol–water partition coefficient (Wildman–Crippen LogP) is 3.02. The van der Waals surface area contributed by atoms with Crippen molar-refractivity contribution in [3.05, 3.63) is 58.9 Å². The number of benzene rings is 2. The van der Waals surface area contributed by atoms with Crippen molar-refractivity contribution >= 4 is 23.2 Å². The van der Waals surface area contributed by atoms with E-state index in [2.05, 4.69) is 20.5 Å². The monoisotopic (exact) mass is 336 g/mol. The highest BCUT2D eigenvalue weighted by molar-refractivity contribution is 5.87. The summed E-state index contributed by atoms with van der Waals surface area (Å²) in [5.74, 6) is 0.435. The van der Waals surface area contributed by atoms with Gasteiger partial charge in [0.15, 0.2) is 6.61 Å². The molecule has 3 aromatic rings. The van der Waals surface area contributed by atoms with Gasteiger partial charge in [-0.2, -0.15) is 5.10 Å². The minimum atomic E-state index is -0.309. The fourth-order valence-electron chi connectivity index (χ4n) is 2.77. The molecule has 25 heavy (non-hydrogen) atoms. The Morgan fingerprint density at radius 3 is 2.76 bits per heavy atom. The number of hydrazone groups is 1. The third-order valence-electron chi connectivity index (χ3n) is 3.80. The standard InChI is InChI=1S/C19H20N4O2/c1-12-6-13(2)19(14(3)7-12)25-10-18(24)23-22-9-15-4-5-16-17(8-15)21-11-20-16/h4-9,11H,10H2,1-3H3,(H,20,21)(H,23,24)/b22-9+. The van der Waals surface area contributed by atoms with Crippen LogP contribution in [0.25, 0.3) is 11.0 Å². The molecule has 6 heteroatoms. The van der Waals surface area contributed by atoms with E-state index in [0.29, 0.717) is 0 Å². The number of carbonyl (C=O) groups excluding carboxylic acids is 1. The lowest BCUT2D eigenvalue weighted by atomic mass is 10.1. The van der Waals surface area contributed by atoms with E-state index in [0.717, 1.165) is 33.5 Å². The summed E-state index contributed by atoms with van der Waals surface area (Å²) in [5.41, 5.74) is 8.33. The number of aryl methyl sites for hydroxylation is 3. The first-order valence-corrected chi connectivity index (χ1v) is 7.98. The van der Waals surface area contributed by atoms with Gasteiger partial charge in [0.2, 0.25) is 0 Å². The van der Waals surface area contributed by atoms with Gasteiger partial charge in [-0.15, -0.1) is 0 Å². The van der Waals surface area contributed by atoms with E-state index in [9.17, 15) is 4.79 Å². The fourth-order valence-corrected chi connectivity index (χ4v) is 2.77. The van der Waals surface area contributed by atoms with Crippen LogP contribution in [0.2, 0.25) is 0 Å². The van der Waals surface area contributed by atoms with E-state index in [1.807, 2.05) is 51.1 Å². The molecule has 0 unspecified atom stereocenters. The number of ether oxygens (including phenoxy) is 1. The first-order valence-electron chi connectivity index (χ1n) is 7.98. The van der Waals surface area contributed by atoms with Crippen molar-refractivity contribution in [3.63, 3.8) is 0 Å². The molecule has 0 radical (unpaired) electrons. The molecule has 1 heterocycles. The lowest BCUT2D eigenvalue weighted by Crippen LogP contribution is -2.25. The lowest BCUT2D eigenvalue weighted by molar-refractivity contribution is -0.123. The highest BCUT2D eigenvalue weighted by Crippen LogP contribution is 2.24. The van der Waals surface area contributed by atoms with Crippen LogP contribution in [0.1, 0.15) is 22.3 Å². The molecular weight excluding hydrogens is 316 g/mol. The minimum absolute atomic E-state index is 0.0829. The van der Waals surface area contributed by atoms with Crippen molar-refractivity contribution < 1.29 is 9.53 Å². The molecule has 0 spiro atoms. The molecule has 0 saturated heterocycles. The largest absolute Gasteiger partial charge is 0.483 e. The van der Waals surface area contributed by atoms with Crippen LogP contribution in [0.4, 0.5) is 0 Å². The molecule has 0 bridgehead atoms. The zero-order valence-electron chi connectivity index (χ0n) is 14.5. The Morgan fingerprint density at radius 2 is 2.00 bits per heavy atom. The van der Waals surface area contributed by atoms with Gasteiger partial charge in [-0.1, -0.05) is 23.8 Å². The first kappa shape index (κ1) is 16.7. The molecule has 1 aromatic heterocycles. The Morgan fingerprint density at radius 1 is 1.24 bits per heavy atom. The lowest BCUT2D eigenvalue weighted by Gasteiger charge is -2.12. The summed E-state index contributed by atoms with van der Waals surface area (Å²) >= 11 is 0. The number of hydrogen-bond acceptors (Lipinski definition) is 4. The summed E-state index contributed by atoms with van der Waals surface area (Å²) in [5, 5.41) is 3.96. The fraction of sp³-hybridized carbons (Fsp3) is 0.211. The SMILES string of the molecule is Cc1cc(C)c(OCC(=O)N/N=C/c2ccc3[nH]cnc3c2)c(C)c1. The van der Waals surface area contributed by atoms with Crippen LogP contribution in [-0.2, 0) is 4.79 Å². The molecule has 6 nitrogen and oxygen atoms in total. The second-order valence-electron chi connectivity index (χ2n) is 5.99. The quantitative estimate of drug-likeness (QED) is 0.555. The molecule has 1 amide bonds. The first-order chi connectivity index (χ1) is 12.0. The number of amides is 1. The average Bonchev–Trinajstić information content (AvgIpc) is 3.01. The van der Waals surface area contributed by atoms with Crippen molar-refractivity contribution in [2.45, 2.75) is 20.8 Å². The molecule has 0 fully saturated rings. The van der Waals surface area contributed by atoms with Gasteiger partial charge in [-0.05, 0) is 49.6 Å². The molecule has 3 rings (SSSR count). The maximum absolute atomic E-state index is 11.9. The van der Waals surface area contributed by atoms with Gasteiger partial charge in [-0.3, -0.25) is 4.79 Å². The van der Waals surface area contributed by atoms with Crippen LogP contribution in [0.5, 0.6) is 5.75 Å². The van der Waals surface area contributed by atoms with Crippen LogP contribution in [-0.4, -0.2) is 28.7 Å². The number of aromatic nitrogens is 2. The second kappa shape index (κ2) is 7.17. The van der Waals surface area contributed by atoms with Gasteiger partial charge in [0.05, 0.1) is 23.6 Å². The Hall–Kier alpha value is -3.15. The topological polar surface area (TPSA) is 79.4 Å². The van der Waals surface area contributed by atoms with Crippen molar-refractivity contribution in [1.82, 2.24) is 15.4 Å². The molecule has 2 N–H and O–H groups in total. The normalized spacial score (nSPS) is 11.2. The third kappa shape index (κ3) is 4.03. The average molecular weight is 336 g/mol. The number of rotatable bonds is 5. The zero-order valence-corrected chi connectivity index (χ0v) is 14.5. The van der Waals surface area contributed by atoms with E-state index in [-0.39, 0.29) is 12.5 Å². The summed E-state index contributed by atoms with van der Waals surface area (Å²) in [6, 6.07) is 9.76. The van der Waals surface area contributed by atoms with Crippen molar-refractivity contribution in [3.8, 4) is 5.75 Å². The molecule has 0 atom stereocenters. The Kier molecular flexibility index (Phi) is 4.79. The molecule has 0 saturated carbocycles. The summed E-state index contributed by atoms with van der Waals surface area (Å²) in [6.45, 7) is 5.89. The van der Waals surface area contributed by atoms with Gasteiger partial charge in [-0.25, -0.2) is 10.4 Å². The third-order valence-corrected chi connectivity index (χ3v) is 3.80. The molecule has 2 aromatic carbocycles. The Labute approximate surface area is 145 Å². The highest BCUT2D eigenvalue weighted by atomic mass is 16.5. The molecule has 128 valence electrons. The Bertz CT molecular complexity index is 920. The second-order valence-corrected chi connectivity index (χ2v) is 5.99. The van der Waals surface area contributed by atoms with Gasteiger partial charge in [0.25, 0.3) is 5.91 Å². The van der Waals surface area contributed by atoms with E-state index in [4.69, 9.17) is 4.74 Å². The smallest absolute Gasteiger partial charge is 0.277 e. The molecule has 0 aliphatic rings. The number of nitrogens with one attached hydrogen (secondary N) is 2. The number of imidazole rings is 1. The van der Waals surface area contributed by atoms with E-state index >= 15 is 0 Å². The minimum Gasteiger partial charge on any atom is -0.483 e. The molecule has 0 aliphatic heterocycles. The number of carbonyl (C=O) groups is 1. The van der Waals surface area contributed by atoms with E-state index < -0.39 is 0 Å². The van der Waals surface area contributed by atoms with Gasteiger partial charge < -0.3 is 9.72 Å². The summed E-state index contributed by atoms with van der Waals surface area (Å²) in [7, 11) is 0. The van der Waals surface area contributed by atoms with Gasteiger partial charge in [0, 0.05) is 0 Å². The van der Waals surface area contributed by atoms with E-state index in [1.54, 1.807) is 12.5 Å². The van der Waals surface area contributed by atoms with Crippen LogP contribution in [0.15, 0.2) is 41.8 Å². The van der Waals surface area contributed by atoms with Crippen LogP contribution < -0.4 is 10.2 Å². The van der Waals surface area contributed by atoms with Crippen molar-refractivity contribution in [2.75, 3.05) is 6.61 Å². The summed E-state index contributed by atoms with van der Waals surface area (Å²) in [4.78, 5) is 19.1. The number of hydrogen-bond donors (Lipinski definition) is 2. The van der Waals surface area contributed by atoms with Crippen LogP contribution in [0, 0.1) is 20.8 Å². The predicted molar refractivity (Wildman–Crippen MR) is 98.0 cm³/mol. The maximum atomic E-state index is 11.9. The van der Waals surface area contributed by atoms with Crippen molar-refractivity contribution in [1.29, 1.82) is 0 Å². The van der Waals surface area contributed by atoms with Crippen LogP contribution >= 0.6 is 0 Å². The number of fused-ring (bicyclic) bond motifs is 1. The van der Waals surface area contributed by atoms with Gasteiger partial charge >= 0.3 is 0 Å². The van der Waals surface area contributed by atoms with Gasteiger partial charge in [0.1, 0.15) is 5.75 Å². The molecular formula is C19H20N4O2. The molecule has 0 aliphatic carbocycles. The number of nitrogens with zero attached hydrogens (tertiary/aromatic N) is 2. The zero-order chi connectivity index (χ0) is 17.8. The Balaban J connectivity index is 1.56. The number of aromatic amines is 1. The number of H-pyrrole nitrogens is 1. The summed E-state index contributed by atoms with van der Waals surface area (Å²) < 4.78 is 5.63. The maximum Gasteiger partial charge on any atom is 0.277 e. The van der Waals surface area contributed by atoms with Crippen LogP contribution in [0.3, 0.4) is 0 Å². The van der Waals surface area contributed by atoms with Crippen molar-refractivity contribution in [2.24, 2.45) is 5.10 Å². The highest BCUT2D eigenvalue weighted by Gasteiger charge is 2.07. The van der Waals surface area contributed by atoms with E-state index in [1.165, 1.54) is 5.56 Å².